The molecule has 0 spiro atoms. The topological polar surface area (TPSA) is 49.9 Å². The van der Waals surface area contributed by atoms with Gasteiger partial charge in [-0.3, -0.25) is 9.59 Å². The Morgan fingerprint density at radius 3 is 2.30 bits per heavy atom. The molecule has 2 amide bonds. The van der Waals surface area contributed by atoms with E-state index in [4.69, 9.17) is 4.74 Å². The van der Waals surface area contributed by atoms with E-state index in [1.165, 1.54) is 0 Å². The average molecular weight is 441 g/mol. The second-order valence-electron chi connectivity index (χ2n) is 8.20. The Morgan fingerprint density at radius 1 is 0.970 bits per heavy atom. The third-order valence-corrected chi connectivity index (χ3v) is 6.02. The van der Waals surface area contributed by atoms with E-state index >= 15 is 0 Å². The van der Waals surface area contributed by atoms with Crippen LogP contribution in [0.4, 0.5) is 11.4 Å². The molecule has 0 unspecified atom stereocenters. The fraction of sp³-hybridized carbons (Fsp3) is 0.214. The monoisotopic (exact) mass is 440 g/mol. The standard InChI is InChI=1S/C28H28N2O3/c1-20-19-27(30(21(2)31)23-9-5-4-6-10-23)25-11-7-8-12-26(25)29(20)28(32)18-15-22-13-16-24(33-3)17-14-22/h4-18,20,27H,19H2,1-3H3/t20-,27+/m1/s1. The first-order valence-corrected chi connectivity index (χ1v) is 11.1. The molecule has 1 aliphatic heterocycles. The Balaban J connectivity index is 1.66. The van der Waals surface area contributed by atoms with Gasteiger partial charge < -0.3 is 14.5 Å². The van der Waals surface area contributed by atoms with Crippen molar-refractivity contribution in [2.45, 2.75) is 32.4 Å². The molecule has 0 saturated carbocycles. The smallest absolute Gasteiger partial charge is 0.251 e. The fourth-order valence-corrected chi connectivity index (χ4v) is 4.49. The van der Waals surface area contributed by atoms with Crippen LogP contribution in [-0.4, -0.2) is 25.0 Å². The lowest BCUT2D eigenvalue weighted by Crippen LogP contribution is -2.47. The normalized spacial score (nSPS) is 17.5. The van der Waals surface area contributed by atoms with Gasteiger partial charge in [0, 0.05) is 30.4 Å². The number of methoxy groups -OCH3 is 1. The van der Waals surface area contributed by atoms with E-state index in [0.717, 1.165) is 28.3 Å². The van der Waals surface area contributed by atoms with E-state index in [2.05, 4.69) is 0 Å². The molecule has 0 N–H and O–H groups in total. The molecule has 4 rings (SSSR count). The molecule has 1 heterocycles. The Morgan fingerprint density at radius 2 is 1.64 bits per heavy atom. The summed E-state index contributed by atoms with van der Waals surface area (Å²) in [4.78, 5) is 29.7. The Hall–Kier alpha value is -3.86. The largest absolute Gasteiger partial charge is 0.497 e. The second kappa shape index (κ2) is 9.74. The van der Waals surface area contributed by atoms with Gasteiger partial charge in [-0.2, -0.15) is 0 Å². The Bertz CT molecular complexity index is 1160. The number of carbonyl (C=O) groups excluding carboxylic acids is 2. The van der Waals surface area contributed by atoms with Crippen molar-refractivity contribution < 1.29 is 14.3 Å². The minimum absolute atomic E-state index is 0.0209. The lowest BCUT2D eigenvalue weighted by atomic mass is 9.89. The number of anilines is 2. The van der Waals surface area contributed by atoms with Crippen LogP contribution in [0, 0.1) is 0 Å². The van der Waals surface area contributed by atoms with Crippen LogP contribution in [0.3, 0.4) is 0 Å². The number of ether oxygens (including phenoxy) is 1. The molecule has 0 fully saturated rings. The maximum absolute atomic E-state index is 13.3. The SMILES string of the molecule is COc1ccc(C=CC(=O)N2c3ccccc3[C@@H](N(C(C)=O)c3ccccc3)C[C@H]2C)cc1. The van der Waals surface area contributed by atoms with Crippen molar-refractivity contribution in [3.8, 4) is 5.75 Å². The molecule has 3 aromatic carbocycles. The molecular weight excluding hydrogens is 412 g/mol. The van der Waals surface area contributed by atoms with Crippen LogP contribution in [0.15, 0.2) is 84.9 Å². The van der Waals surface area contributed by atoms with Gasteiger partial charge in [-0.25, -0.2) is 0 Å². The number of hydrogen-bond acceptors (Lipinski definition) is 3. The summed E-state index contributed by atoms with van der Waals surface area (Å²) in [6, 6.07) is 24.9. The third kappa shape index (κ3) is 4.67. The van der Waals surface area contributed by atoms with Crippen molar-refractivity contribution in [3.05, 3.63) is 96.1 Å². The molecule has 0 radical (unpaired) electrons. The molecule has 0 aromatic heterocycles. The molecule has 168 valence electrons. The van der Waals surface area contributed by atoms with Crippen molar-refractivity contribution in [1.82, 2.24) is 0 Å². The fourth-order valence-electron chi connectivity index (χ4n) is 4.49. The Kier molecular flexibility index (Phi) is 6.59. The van der Waals surface area contributed by atoms with E-state index in [0.29, 0.717) is 6.42 Å². The zero-order valence-electron chi connectivity index (χ0n) is 19.1. The van der Waals surface area contributed by atoms with Crippen LogP contribution in [0.2, 0.25) is 0 Å². The number of fused-ring (bicyclic) bond motifs is 1. The summed E-state index contributed by atoms with van der Waals surface area (Å²) in [5, 5.41) is 0. The number of nitrogens with zero attached hydrogens (tertiary/aromatic N) is 2. The zero-order chi connectivity index (χ0) is 23.4. The highest BCUT2D eigenvalue weighted by Gasteiger charge is 2.37. The van der Waals surface area contributed by atoms with Gasteiger partial charge >= 0.3 is 0 Å². The highest BCUT2D eigenvalue weighted by Crippen LogP contribution is 2.42. The summed E-state index contributed by atoms with van der Waals surface area (Å²) in [7, 11) is 1.63. The molecule has 3 aromatic rings. The summed E-state index contributed by atoms with van der Waals surface area (Å²) >= 11 is 0. The number of amides is 2. The van der Waals surface area contributed by atoms with Crippen LogP contribution in [-0.2, 0) is 9.59 Å². The third-order valence-electron chi connectivity index (χ3n) is 6.02. The van der Waals surface area contributed by atoms with Gasteiger partial charge in [0.1, 0.15) is 5.75 Å². The zero-order valence-corrected chi connectivity index (χ0v) is 19.1. The molecule has 33 heavy (non-hydrogen) atoms. The van der Waals surface area contributed by atoms with Crippen LogP contribution in [0.25, 0.3) is 6.08 Å². The van der Waals surface area contributed by atoms with Crippen LogP contribution in [0.5, 0.6) is 5.75 Å². The predicted molar refractivity (Wildman–Crippen MR) is 132 cm³/mol. The van der Waals surface area contributed by atoms with Crippen LogP contribution < -0.4 is 14.5 Å². The summed E-state index contributed by atoms with van der Waals surface area (Å²) in [6.07, 6.45) is 4.07. The number of hydrogen-bond donors (Lipinski definition) is 0. The van der Waals surface area contributed by atoms with Gasteiger partial charge in [0.25, 0.3) is 5.91 Å². The lowest BCUT2D eigenvalue weighted by Gasteiger charge is -2.43. The van der Waals surface area contributed by atoms with Crippen molar-refractivity contribution in [3.63, 3.8) is 0 Å². The highest BCUT2D eigenvalue weighted by molar-refractivity contribution is 6.05. The second-order valence-corrected chi connectivity index (χ2v) is 8.20. The maximum atomic E-state index is 13.3. The number of benzene rings is 3. The van der Waals surface area contributed by atoms with Crippen LogP contribution in [0.1, 0.15) is 37.4 Å². The van der Waals surface area contributed by atoms with Gasteiger partial charge in [0.15, 0.2) is 0 Å². The van der Waals surface area contributed by atoms with Gasteiger partial charge in [-0.05, 0) is 60.9 Å². The molecule has 0 aliphatic carbocycles. The predicted octanol–water partition coefficient (Wildman–Crippen LogP) is 5.63. The molecule has 1 aliphatic rings. The molecule has 2 atom stereocenters. The molecule has 0 bridgehead atoms. The number of carbonyl (C=O) groups is 2. The van der Waals surface area contributed by atoms with Crippen molar-refractivity contribution >= 4 is 29.3 Å². The maximum Gasteiger partial charge on any atom is 0.251 e. The van der Waals surface area contributed by atoms with Crippen molar-refractivity contribution in [2.24, 2.45) is 0 Å². The van der Waals surface area contributed by atoms with Gasteiger partial charge in [-0.15, -0.1) is 0 Å². The Labute approximate surface area is 194 Å². The average Bonchev–Trinajstić information content (AvgIpc) is 2.83. The molecular formula is C28H28N2O3. The molecule has 0 saturated heterocycles. The van der Waals surface area contributed by atoms with Crippen molar-refractivity contribution in [2.75, 3.05) is 16.9 Å². The molecule has 5 heteroatoms. The van der Waals surface area contributed by atoms with E-state index in [1.54, 1.807) is 20.1 Å². The number of para-hydroxylation sites is 2. The number of rotatable bonds is 5. The lowest BCUT2D eigenvalue weighted by molar-refractivity contribution is -0.117. The summed E-state index contributed by atoms with van der Waals surface area (Å²) in [5.74, 6) is 0.669. The van der Waals surface area contributed by atoms with E-state index < -0.39 is 0 Å². The summed E-state index contributed by atoms with van der Waals surface area (Å²) in [6.45, 7) is 3.63. The van der Waals surface area contributed by atoms with E-state index in [1.807, 2.05) is 102 Å². The highest BCUT2D eigenvalue weighted by atomic mass is 16.5. The van der Waals surface area contributed by atoms with Gasteiger partial charge in [0.05, 0.1) is 13.2 Å². The minimum Gasteiger partial charge on any atom is -0.497 e. The quantitative estimate of drug-likeness (QED) is 0.483. The van der Waals surface area contributed by atoms with Crippen molar-refractivity contribution in [1.29, 1.82) is 0 Å². The molecule has 5 nitrogen and oxygen atoms in total. The van der Waals surface area contributed by atoms with E-state index in [9.17, 15) is 9.59 Å². The summed E-state index contributed by atoms with van der Waals surface area (Å²) < 4.78 is 5.19. The minimum atomic E-state index is -0.147. The van der Waals surface area contributed by atoms with Gasteiger partial charge in [0.2, 0.25) is 5.91 Å². The van der Waals surface area contributed by atoms with E-state index in [-0.39, 0.29) is 23.9 Å². The first-order valence-electron chi connectivity index (χ1n) is 11.1. The van der Waals surface area contributed by atoms with Gasteiger partial charge in [-0.1, -0.05) is 48.5 Å². The first-order chi connectivity index (χ1) is 16.0. The van der Waals surface area contributed by atoms with Crippen LogP contribution >= 0.6 is 0 Å². The summed E-state index contributed by atoms with van der Waals surface area (Å²) in [5.41, 5.74) is 3.59. The first kappa shape index (κ1) is 22.3.